The maximum absolute atomic E-state index is 6.11. The molecule has 0 spiro atoms. The van der Waals surface area contributed by atoms with Gasteiger partial charge in [0, 0.05) is 10.9 Å². The van der Waals surface area contributed by atoms with Crippen molar-refractivity contribution in [1.82, 2.24) is 4.98 Å². The lowest BCUT2D eigenvalue weighted by molar-refractivity contribution is 0.305. The fraction of sp³-hybridized carbons (Fsp3) is 0.400. The molecule has 0 saturated carbocycles. The van der Waals surface area contributed by atoms with Crippen molar-refractivity contribution < 1.29 is 4.74 Å². The van der Waals surface area contributed by atoms with E-state index in [9.17, 15) is 0 Å². The molecule has 4 heteroatoms. The van der Waals surface area contributed by atoms with Gasteiger partial charge in [0.05, 0.1) is 5.69 Å². The van der Waals surface area contributed by atoms with E-state index in [2.05, 4.69) is 24.0 Å². The van der Waals surface area contributed by atoms with Crippen molar-refractivity contribution in [3.63, 3.8) is 0 Å². The second-order valence-electron chi connectivity index (χ2n) is 5.02. The number of benzene rings is 1. The van der Waals surface area contributed by atoms with Gasteiger partial charge in [-0.15, -0.1) is 11.3 Å². The van der Waals surface area contributed by atoms with Crippen molar-refractivity contribution >= 4 is 11.3 Å². The van der Waals surface area contributed by atoms with E-state index in [0.717, 1.165) is 30.0 Å². The van der Waals surface area contributed by atoms with Gasteiger partial charge in [-0.2, -0.15) is 0 Å². The van der Waals surface area contributed by atoms with E-state index in [1.807, 2.05) is 12.1 Å². The van der Waals surface area contributed by atoms with Gasteiger partial charge in [-0.25, -0.2) is 4.98 Å². The first-order valence-electron chi connectivity index (χ1n) is 6.66. The summed E-state index contributed by atoms with van der Waals surface area (Å²) in [5.41, 5.74) is 8.54. The topological polar surface area (TPSA) is 48.1 Å². The van der Waals surface area contributed by atoms with E-state index in [0.29, 0.717) is 6.61 Å². The molecule has 19 heavy (non-hydrogen) atoms. The molecule has 1 unspecified atom stereocenters. The van der Waals surface area contributed by atoms with Gasteiger partial charge in [0.2, 0.25) is 0 Å². The van der Waals surface area contributed by atoms with Crippen LogP contribution in [0.5, 0.6) is 5.75 Å². The second kappa shape index (κ2) is 5.31. The van der Waals surface area contributed by atoms with Gasteiger partial charge in [-0.1, -0.05) is 17.7 Å². The molecule has 3 nitrogen and oxygen atoms in total. The second-order valence-corrected chi connectivity index (χ2v) is 6.13. The average molecular weight is 274 g/mol. The Labute approximate surface area is 117 Å². The molecule has 3 rings (SSSR count). The molecule has 0 amide bonds. The zero-order valence-electron chi connectivity index (χ0n) is 11.1. The van der Waals surface area contributed by atoms with E-state index in [1.165, 1.54) is 16.1 Å². The van der Waals surface area contributed by atoms with Crippen LogP contribution in [-0.4, -0.2) is 4.98 Å². The molecule has 2 aromatic rings. The summed E-state index contributed by atoms with van der Waals surface area (Å²) in [4.78, 5) is 5.91. The van der Waals surface area contributed by atoms with Crippen molar-refractivity contribution in [2.45, 2.75) is 38.8 Å². The fourth-order valence-electron chi connectivity index (χ4n) is 2.34. The van der Waals surface area contributed by atoms with Crippen molar-refractivity contribution in [3.05, 3.63) is 45.4 Å². The summed E-state index contributed by atoms with van der Waals surface area (Å²) >= 11 is 1.70. The van der Waals surface area contributed by atoms with Gasteiger partial charge in [-0.3, -0.25) is 0 Å². The van der Waals surface area contributed by atoms with Crippen LogP contribution >= 0.6 is 11.3 Å². The van der Waals surface area contributed by atoms with E-state index >= 15 is 0 Å². The van der Waals surface area contributed by atoms with Crippen LogP contribution in [0.4, 0.5) is 0 Å². The Kier molecular flexibility index (Phi) is 3.53. The molecular formula is C15H18N2OS. The number of nitrogens with zero attached hydrogens (tertiary/aromatic N) is 1. The number of hydrogen-bond acceptors (Lipinski definition) is 4. The van der Waals surface area contributed by atoms with Crippen LogP contribution in [0.15, 0.2) is 24.3 Å². The van der Waals surface area contributed by atoms with Gasteiger partial charge >= 0.3 is 0 Å². The highest BCUT2D eigenvalue weighted by molar-refractivity contribution is 7.11. The summed E-state index contributed by atoms with van der Waals surface area (Å²) in [6.45, 7) is 2.60. The van der Waals surface area contributed by atoms with E-state index < -0.39 is 0 Å². The summed E-state index contributed by atoms with van der Waals surface area (Å²) in [5.74, 6) is 0.892. The third-order valence-electron chi connectivity index (χ3n) is 3.42. The number of nitrogens with two attached hydrogens (primary N) is 1. The van der Waals surface area contributed by atoms with Crippen LogP contribution in [0.3, 0.4) is 0 Å². The van der Waals surface area contributed by atoms with Crippen LogP contribution in [0.25, 0.3) is 0 Å². The van der Waals surface area contributed by atoms with E-state index in [4.69, 9.17) is 10.5 Å². The minimum Gasteiger partial charge on any atom is -0.486 e. The molecule has 1 atom stereocenters. The lowest BCUT2D eigenvalue weighted by atomic mass is 9.99. The van der Waals surface area contributed by atoms with Crippen molar-refractivity contribution in [2.75, 3.05) is 0 Å². The van der Waals surface area contributed by atoms with Crippen LogP contribution in [0.2, 0.25) is 0 Å². The quantitative estimate of drug-likeness (QED) is 0.933. The molecule has 100 valence electrons. The molecule has 1 aliphatic carbocycles. The number of fused-ring (bicyclic) bond motifs is 1. The summed E-state index contributed by atoms with van der Waals surface area (Å²) in [7, 11) is 0. The van der Waals surface area contributed by atoms with Crippen molar-refractivity contribution in [1.29, 1.82) is 0 Å². The molecule has 1 aliphatic rings. The maximum Gasteiger partial charge on any atom is 0.140 e. The summed E-state index contributed by atoms with van der Waals surface area (Å²) in [6, 6.07) is 8.27. The first-order chi connectivity index (χ1) is 9.22. The van der Waals surface area contributed by atoms with Crippen LogP contribution < -0.4 is 10.5 Å². The third kappa shape index (κ3) is 2.80. The van der Waals surface area contributed by atoms with E-state index in [-0.39, 0.29) is 6.04 Å². The van der Waals surface area contributed by atoms with Crippen LogP contribution in [0.1, 0.15) is 40.0 Å². The number of ether oxygens (including phenoxy) is 1. The molecule has 1 aromatic heterocycles. The highest BCUT2D eigenvalue weighted by Gasteiger charge is 2.21. The first-order valence-corrected chi connectivity index (χ1v) is 7.47. The smallest absolute Gasteiger partial charge is 0.140 e. The Morgan fingerprint density at radius 2 is 2.16 bits per heavy atom. The largest absolute Gasteiger partial charge is 0.486 e. The summed E-state index contributed by atoms with van der Waals surface area (Å²) in [5, 5.41) is 1.03. The van der Waals surface area contributed by atoms with Gasteiger partial charge in [0.1, 0.15) is 17.4 Å². The average Bonchev–Trinajstić information content (AvgIpc) is 2.83. The zero-order chi connectivity index (χ0) is 13.2. The van der Waals surface area contributed by atoms with Crippen LogP contribution in [-0.2, 0) is 13.0 Å². The number of rotatable bonds is 3. The Hall–Kier alpha value is -1.39. The molecule has 0 fully saturated rings. The van der Waals surface area contributed by atoms with Crippen LogP contribution in [0, 0.1) is 6.92 Å². The molecule has 1 heterocycles. The van der Waals surface area contributed by atoms with E-state index in [1.54, 1.807) is 11.3 Å². The molecular weight excluding hydrogens is 256 g/mol. The number of hydrogen-bond donors (Lipinski definition) is 1. The fourth-order valence-corrected chi connectivity index (χ4v) is 3.41. The minimum absolute atomic E-state index is 0.175. The lowest BCUT2D eigenvalue weighted by Gasteiger charge is -2.15. The molecule has 1 aromatic carbocycles. The Balaban J connectivity index is 1.69. The van der Waals surface area contributed by atoms with Gasteiger partial charge in [0.25, 0.3) is 0 Å². The maximum atomic E-state index is 6.11. The van der Waals surface area contributed by atoms with Gasteiger partial charge in [0.15, 0.2) is 0 Å². The van der Waals surface area contributed by atoms with Crippen molar-refractivity contribution in [3.8, 4) is 5.75 Å². The van der Waals surface area contributed by atoms with Gasteiger partial charge in [-0.05, 0) is 38.3 Å². The van der Waals surface area contributed by atoms with Gasteiger partial charge < -0.3 is 10.5 Å². The number of aryl methyl sites for hydroxylation is 2. The molecule has 2 N–H and O–H groups in total. The standard InChI is InChI=1S/C15H18N2OS/c1-10-5-7-11(8-6-10)18-9-14-17-13-4-2-3-12(16)15(13)19-14/h5-8,12H,2-4,9,16H2,1H3. The highest BCUT2D eigenvalue weighted by atomic mass is 32.1. The highest BCUT2D eigenvalue weighted by Crippen LogP contribution is 2.32. The number of thiazole rings is 1. The molecule has 0 aliphatic heterocycles. The summed E-state index contributed by atoms with van der Waals surface area (Å²) < 4.78 is 5.77. The Morgan fingerprint density at radius 1 is 1.37 bits per heavy atom. The molecule has 0 radical (unpaired) electrons. The predicted molar refractivity (Wildman–Crippen MR) is 77.5 cm³/mol. The third-order valence-corrected chi connectivity index (χ3v) is 4.62. The molecule has 0 saturated heterocycles. The SMILES string of the molecule is Cc1ccc(OCc2nc3c(s2)C(N)CCC3)cc1. The minimum atomic E-state index is 0.175. The van der Waals surface area contributed by atoms with Crippen molar-refractivity contribution in [2.24, 2.45) is 5.73 Å². The monoisotopic (exact) mass is 274 g/mol. The normalized spacial score (nSPS) is 18.1. The lowest BCUT2D eigenvalue weighted by Crippen LogP contribution is -2.15. The Morgan fingerprint density at radius 3 is 2.89 bits per heavy atom. The first kappa shape index (κ1) is 12.6. The predicted octanol–water partition coefficient (Wildman–Crippen LogP) is 3.37. The zero-order valence-corrected chi connectivity index (χ0v) is 11.9. The Bertz CT molecular complexity index is 562. The number of aromatic nitrogens is 1. The molecule has 0 bridgehead atoms. The summed E-state index contributed by atoms with van der Waals surface area (Å²) in [6.07, 6.45) is 3.29.